The molecule has 0 amide bonds. The fraction of sp³-hybridized carbons (Fsp3) is 0.125. The van der Waals surface area contributed by atoms with Crippen LogP contribution in [0.4, 0.5) is 0 Å². The Labute approximate surface area is 127 Å². The molecule has 0 radical (unpaired) electrons. The van der Waals surface area contributed by atoms with Crippen LogP contribution in [0.15, 0.2) is 47.4 Å². The third-order valence-electron chi connectivity index (χ3n) is 3.59. The minimum Gasteiger partial charge on any atom is -0.493 e. The molecule has 3 aromatic rings. The summed E-state index contributed by atoms with van der Waals surface area (Å²) in [6.45, 7) is 0. The lowest BCUT2D eigenvalue weighted by molar-refractivity contribution is 0.358. The molecule has 0 atom stereocenters. The van der Waals surface area contributed by atoms with Gasteiger partial charge in [0.25, 0.3) is 10.1 Å². The van der Waals surface area contributed by atoms with Gasteiger partial charge in [0.1, 0.15) is 4.90 Å². The van der Waals surface area contributed by atoms with Gasteiger partial charge in [-0.25, -0.2) is 0 Å². The van der Waals surface area contributed by atoms with Gasteiger partial charge < -0.3 is 9.47 Å². The highest BCUT2D eigenvalue weighted by Crippen LogP contribution is 2.41. The van der Waals surface area contributed by atoms with Crippen LogP contribution in [0, 0.1) is 0 Å². The average molecular weight is 318 g/mol. The minimum absolute atomic E-state index is 0.124. The Morgan fingerprint density at radius 3 is 2.27 bits per heavy atom. The molecule has 0 saturated carbocycles. The second kappa shape index (κ2) is 5.15. The highest BCUT2D eigenvalue weighted by molar-refractivity contribution is 7.86. The maximum atomic E-state index is 11.9. The molecule has 1 N–H and O–H groups in total. The quantitative estimate of drug-likeness (QED) is 0.593. The van der Waals surface area contributed by atoms with Gasteiger partial charge in [-0.3, -0.25) is 4.55 Å². The van der Waals surface area contributed by atoms with Gasteiger partial charge >= 0.3 is 0 Å². The van der Waals surface area contributed by atoms with Crippen LogP contribution in [0.3, 0.4) is 0 Å². The maximum absolute atomic E-state index is 11.9. The molecule has 3 aromatic carbocycles. The molecule has 0 saturated heterocycles. The molecule has 0 aliphatic rings. The molecular weight excluding hydrogens is 304 g/mol. The predicted octanol–water partition coefficient (Wildman–Crippen LogP) is 3.26. The van der Waals surface area contributed by atoms with Crippen molar-refractivity contribution in [3.8, 4) is 11.5 Å². The Balaban J connectivity index is 2.62. The van der Waals surface area contributed by atoms with E-state index in [1.54, 1.807) is 36.4 Å². The Morgan fingerprint density at radius 1 is 0.909 bits per heavy atom. The summed E-state index contributed by atoms with van der Waals surface area (Å²) >= 11 is 0. The zero-order valence-electron chi connectivity index (χ0n) is 12.0. The van der Waals surface area contributed by atoms with Gasteiger partial charge in [0.2, 0.25) is 0 Å². The van der Waals surface area contributed by atoms with E-state index in [1.165, 1.54) is 14.2 Å². The van der Waals surface area contributed by atoms with Crippen molar-refractivity contribution in [2.75, 3.05) is 14.2 Å². The maximum Gasteiger partial charge on any atom is 0.295 e. The molecule has 0 fully saturated rings. The molecule has 3 rings (SSSR count). The topological polar surface area (TPSA) is 72.8 Å². The molecule has 114 valence electrons. The summed E-state index contributed by atoms with van der Waals surface area (Å²) < 4.78 is 44.1. The van der Waals surface area contributed by atoms with E-state index < -0.39 is 10.1 Å². The van der Waals surface area contributed by atoms with Crippen molar-refractivity contribution in [3.63, 3.8) is 0 Å². The normalized spacial score (nSPS) is 11.8. The van der Waals surface area contributed by atoms with Crippen LogP contribution in [0.25, 0.3) is 21.5 Å². The summed E-state index contributed by atoms with van der Waals surface area (Å²) in [5.41, 5.74) is 0. The van der Waals surface area contributed by atoms with E-state index in [9.17, 15) is 13.0 Å². The Bertz CT molecular complexity index is 977. The molecule has 0 bridgehead atoms. The largest absolute Gasteiger partial charge is 0.493 e. The van der Waals surface area contributed by atoms with Crippen LogP contribution >= 0.6 is 0 Å². The van der Waals surface area contributed by atoms with Crippen LogP contribution in [0.5, 0.6) is 11.5 Å². The number of rotatable bonds is 3. The van der Waals surface area contributed by atoms with Gasteiger partial charge in [-0.15, -0.1) is 0 Å². The first kappa shape index (κ1) is 14.6. The van der Waals surface area contributed by atoms with Gasteiger partial charge in [-0.1, -0.05) is 24.3 Å². The van der Waals surface area contributed by atoms with Gasteiger partial charge in [-0.05, 0) is 23.6 Å². The smallest absolute Gasteiger partial charge is 0.295 e. The second-order valence-electron chi connectivity index (χ2n) is 4.80. The van der Waals surface area contributed by atoms with E-state index in [2.05, 4.69) is 0 Å². The molecule has 0 aromatic heterocycles. The summed E-state index contributed by atoms with van der Waals surface area (Å²) in [5.74, 6) is 0.919. The third-order valence-corrected chi connectivity index (χ3v) is 4.55. The van der Waals surface area contributed by atoms with Crippen LogP contribution in [-0.2, 0) is 10.1 Å². The summed E-state index contributed by atoms with van der Waals surface area (Å²) in [6.07, 6.45) is 0. The van der Waals surface area contributed by atoms with Crippen molar-refractivity contribution in [2.24, 2.45) is 0 Å². The van der Waals surface area contributed by atoms with Crippen LogP contribution in [0.2, 0.25) is 0 Å². The van der Waals surface area contributed by atoms with Gasteiger partial charge in [0.15, 0.2) is 11.5 Å². The molecule has 0 aliphatic carbocycles. The summed E-state index contributed by atoms with van der Waals surface area (Å²) in [7, 11) is -1.40. The minimum atomic E-state index is -4.40. The molecule has 22 heavy (non-hydrogen) atoms. The number of methoxy groups -OCH3 is 2. The summed E-state index contributed by atoms with van der Waals surface area (Å²) in [4.78, 5) is -0.124. The molecule has 0 unspecified atom stereocenters. The van der Waals surface area contributed by atoms with E-state index in [0.29, 0.717) is 33.0 Å². The van der Waals surface area contributed by atoms with Crippen molar-refractivity contribution in [3.05, 3.63) is 42.5 Å². The lowest BCUT2D eigenvalue weighted by atomic mass is 10.0. The number of hydrogen-bond acceptors (Lipinski definition) is 4. The molecule has 0 aliphatic heterocycles. The number of hydrogen-bond donors (Lipinski definition) is 1. The third kappa shape index (κ3) is 2.17. The first-order valence-electron chi connectivity index (χ1n) is 6.51. The first-order valence-corrected chi connectivity index (χ1v) is 7.95. The van der Waals surface area contributed by atoms with E-state index in [-0.39, 0.29) is 4.90 Å². The lowest BCUT2D eigenvalue weighted by Crippen LogP contribution is -2.02. The number of benzene rings is 3. The summed E-state index contributed by atoms with van der Waals surface area (Å²) in [5, 5.41) is 2.10. The monoisotopic (exact) mass is 318 g/mol. The first-order chi connectivity index (χ1) is 10.5. The van der Waals surface area contributed by atoms with Crippen molar-refractivity contribution in [1.29, 1.82) is 0 Å². The Kier molecular flexibility index (Phi) is 3.42. The lowest BCUT2D eigenvalue weighted by Gasteiger charge is -2.14. The predicted molar refractivity (Wildman–Crippen MR) is 84.4 cm³/mol. The standard InChI is InChI=1S/C16H14O5S/c1-20-14-8-7-12-13(15(14)21-2)9-10-5-3-4-6-11(10)16(12)22(17,18)19/h3-9H,1-2H3,(H,17,18,19). The molecular formula is C16H14O5S. The van der Waals surface area contributed by atoms with Crippen molar-refractivity contribution in [2.45, 2.75) is 4.90 Å². The Morgan fingerprint density at radius 2 is 1.64 bits per heavy atom. The number of ether oxygens (including phenoxy) is 2. The van der Waals surface area contributed by atoms with Crippen LogP contribution < -0.4 is 9.47 Å². The fourth-order valence-corrected chi connectivity index (χ4v) is 3.62. The van der Waals surface area contributed by atoms with Crippen molar-refractivity contribution in [1.82, 2.24) is 0 Å². The molecule has 0 spiro atoms. The fourth-order valence-electron chi connectivity index (χ4n) is 2.70. The highest BCUT2D eigenvalue weighted by atomic mass is 32.2. The molecule has 0 heterocycles. The second-order valence-corrected chi connectivity index (χ2v) is 6.16. The van der Waals surface area contributed by atoms with E-state index >= 15 is 0 Å². The number of fused-ring (bicyclic) bond motifs is 2. The van der Waals surface area contributed by atoms with Gasteiger partial charge in [-0.2, -0.15) is 8.42 Å². The Hall–Kier alpha value is -2.31. The van der Waals surface area contributed by atoms with E-state index in [4.69, 9.17) is 9.47 Å². The average Bonchev–Trinajstić information content (AvgIpc) is 2.50. The van der Waals surface area contributed by atoms with Crippen molar-refractivity contribution >= 4 is 31.7 Å². The molecule has 5 nitrogen and oxygen atoms in total. The van der Waals surface area contributed by atoms with Crippen LogP contribution in [0.1, 0.15) is 0 Å². The van der Waals surface area contributed by atoms with E-state index in [0.717, 1.165) is 0 Å². The zero-order valence-corrected chi connectivity index (χ0v) is 12.8. The van der Waals surface area contributed by atoms with Crippen LogP contribution in [-0.4, -0.2) is 27.2 Å². The molecule has 6 heteroatoms. The summed E-state index contributed by atoms with van der Waals surface area (Å²) in [6, 6.07) is 12.0. The highest BCUT2D eigenvalue weighted by Gasteiger charge is 2.21. The zero-order chi connectivity index (χ0) is 15.9. The van der Waals surface area contributed by atoms with Gasteiger partial charge in [0, 0.05) is 16.2 Å². The van der Waals surface area contributed by atoms with Gasteiger partial charge in [0.05, 0.1) is 14.2 Å². The SMILES string of the molecule is COc1ccc2c(S(=O)(=O)O)c3ccccc3cc2c1OC. The van der Waals surface area contributed by atoms with E-state index in [1.807, 2.05) is 6.07 Å². The van der Waals surface area contributed by atoms with Crippen molar-refractivity contribution < 1.29 is 22.4 Å².